The number of thioether (sulfide) groups is 1. The fourth-order valence-corrected chi connectivity index (χ4v) is 3.27. The SMILES string of the molecule is COC(=O)CN1C(=O)S/C(=C\c2ccc(OC(C)C)c(Br)c2)C1=O. The highest BCUT2D eigenvalue weighted by atomic mass is 79.9. The van der Waals surface area contributed by atoms with E-state index in [0.717, 1.165) is 26.7 Å². The van der Waals surface area contributed by atoms with Crippen LogP contribution in [0.15, 0.2) is 27.6 Å². The number of carbonyl (C=O) groups is 3. The Balaban J connectivity index is 2.19. The number of amides is 2. The largest absolute Gasteiger partial charge is 0.490 e. The van der Waals surface area contributed by atoms with Crippen LogP contribution in [0.3, 0.4) is 0 Å². The van der Waals surface area contributed by atoms with Crippen molar-refractivity contribution in [1.29, 1.82) is 0 Å². The smallest absolute Gasteiger partial charge is 0.325 e. The minimum absolute atomic E-state index is 0.0435. The molecule has 2 amide bonds. The van der Waals surface area contributed by atoms with E-state index in [-0.39, 0.29) is 17.6 Å². The molecular weight excluding hydrogens is 398 g/mol. The zero-order valence-electron chi connectivity index (χ0n) is 13.4. The second-order valence-electron chi connectivity index (χ2n) is 5.20. The molecule has 1 aromatic carbocycles. The molecule has 0 bridgehead atoms. The fourth-order valence-electron chi connectivity index (χ4n) is 1.94. The summed E-state index contributed by atoms with van der Waals surface area (Å²) in [6, 6.07) is 5.37. The van der Waals surface area contributed by atoms with Gasteiger partial charge in [-0.25, -0.2) is 0 Å². The number of esters is 1. The third-order valence-electron chi connectivity index (χ3n) is 3.00. The number of ether oxygens (including phenoxy) is 2. The Morgan fingerprint density at radius 3 is 2.67 bits per heavy atom. The molecule has 1 heterocycles. The molecule has 24 heavy (non-hydrogen) atoms. The second-order valence-corrected chi connectivity index (χ2v) is 7.05. The van der Waals surface area contributed by atoms with Gasteiger partial charge >= 0.3 is 5.97 Å². The van der Waals surface area contributed by atoms with Crippen LogP contribution in [0.1, 0.15) is 19.4 Å². The topological polar surface area (TPSA) is 72.9 Å². The lowest BCUT2D eigenvalue weighted by atomic mass is 10.2. The predicted molar refractivity (Wildman–Crippen MR) is 94.6 cm³/mol. The van der Waals surface area contributed by atoms with Crippen LogP contribution >= 0.6 is 27.7 Å². The summed E-state index contributed by atoms with van der Waals surface area (Å²) in [5.74, 6) is -0.452. The molecule has 8 heteroatoms. The summed E-state index contributed by atoms with van der Waals surface area (Å²) in [4.78, 5) is 36.5. The molecular formula is C16H16BrNO5S. The molecule has 0 unspecified atom stereocenters. The molecule has 128 valence electrons. The molecule has 0 N–H and O–H groups in total. The van der Waals surface area contributed by atoms with Gasteiger partial charge in [0.15, 0.2) is 0 Å². The van der Waals surface area contributed by atoms with Crippen molar-refractivity contribution >= 4 is 50.9 Å². The monoisotopic (exact) mass is 413 g/mol. The number of halogens is 1. The first-order valence-corrected chi connectivity index (χ1v) is 8.71. The molecule has 1 aliphatic heterocycles. The third kappa shape index (κ3) is 4.39. The maximum Gasteiger partial charge on any atom is 0.325 e. The van der Waals surface area contributed by atoms with E-state index < -0.39 is 17.1 Å². The molecule has 0 aromatic heterocycles. The predicted octanol–water partition coefficient (Wildman–Crippen LogP) is 3.45. The first kappa shape index (κ1) is 18.5. The van der Waals surface area contributed by atoms with E-state index in [1.165, 1.54) is 7.11 Å². The van der Waals surface area contributed by atoms with Crippen molar-refractivity contribution in [1.82, 2.24) is 4.90 Å². The van der Waals surface area contributed by atoms with E-state index in [1.807, 2.05) is 13.8 Å². The van der Waals surface area contributed by atoms with Crippen LogP contribution in [0.4, 0.5) is 4.79 Å². The number of rotatable bonds is 5. The zero-order valence-corrected chi connectivity index (χ0v) is 15.8. The number of hydrogen-bond donors (Lipinski definition) is 0. The van der Waals surface area contributed by atoms with Crippen molar-refractivity contribution in [2.75, 3.05) is 13.7 Å². The summed E-state index contributed by atoms with van der Waals surface area (Å²) in [7, 11) is 1.20. The molecule has 2 rings (SSSR count). The Labute approximate surface area is 152 Å². The Kier molecular flexibility index (Phi) is 6.06. The number of benzene rings is 1. The summed E-state index contributed by atoms with van der Waals surface area (Å²) in [6.45, 7) is 3.47. The average Bonchev–Trinajstić information content (AvgIpc) is 2.77. The number of methoxy groups -OCH3 is 1. The summed E-state index contributed by atoms with van der Waals surface area (Å²) in [5.41, 5.74) is 0.738. The van der Waals surface area contributed by atoms with E-state index in [0.29, 0.717) is 5.75 Å². The number of hydrogen-bond acceptors (Lipinski definition) is 6. The number of carbonyl (C=O) groups excluding carboxylic acids is 3. The van der Waals surface area contributed by atoms with Crippen LogP contribution in [0.5, 0.6) is 5.75 Å². The van der Waals surface area contributed by atoms with E-state index in [4.69, 9.17) is 4.74 Å². The maximum atomic E-state index is 12.2. The molecule has 6 nitrogen and oxygen atoms in total. The minimum Gasteiger partial charge on any atom is -0.490 e. The Morgan fingerprint density at radius 2 is 2.08 bits per heavy atom. The van der Waals surface area contributed by atoms with Crippen LogP contribution in [0, 0.1) is 0 Å². The van der Waals surface area contributed by atoms with Crippen molar-refractivity contribution in [3.63, 3.8) is 0 Å². The van der Waals surface area contributed by atoms with Gasteiger partial charge in [0.05, 0.1) is 22.6 Å². The van der Waals surface area contributed by atoms with Gasteiger partial charge in [0.1, 0.15) is 12.3 Å². The standard InChI is InChI=1S/C16H16BrNO5S/c1-9(2)23-12-5-4-10(6-11(12)17)7-13-15(20)18(16(21)24-13)8-14(19)22-3/h4-7,9H,8H2,1-3H3/b13-7-. The van der Waals surface area contributed by atoms with E-state index in [2.05, 4.69) is 20.7 Å². The van der Waals surface area contributed by atoms with Crippen LogP contribution < -0.4 is 4.74 Å². The Morgan fingerprint density at radius 1 is 1.38 bits per heavy atom. The molecule has 0 aliphatic carbocycles. The Hall–Kier alpha value is -1.80. The van der Waals surface area contributed by atoms with Gasteiger partial charge in [-0.15, -0.1) is 0 Å². The summed E-state index contributed by atoms with van der Waals surface area (Å²) < 4.78 is 10.9. The minimum atomic E-state index is -0.642. The van der Waals surface area contributed by atoms with Gasteiger partial charge in [-0.2, -0.15) is 0 Å². The molecule has 0 spiro atoms. The second kappa shape index (κ2) is 7.85. The number of nitrogens with zero attached hydrogens (tertiary/aromatic N) is 1. The Bertz CT molecular complexity index is 716. The lowest BCUT2D eigenvalue weighted by Gasteiger charge is -2.12. The molecule has 1 fully saturated rings. The van der Waals surface area contributed by atoms with Crippen molar-refractivity contribution in [3.05, 3.63) is 33.1 Å². The number of imide groups is 1. The fraction of sp³-hybridized carbons (Fsp3) is 0.312. The highest BCUT2D eigenvalue weighted by Crippen LogP contribution is 2.34. The molecule has 0 saturated carbocycles. The quantitative estimate of drug-likeness (QED) is 0.543. The third-order valence-corrected chi connectivity index (χ3v) is 4.53. The van der Waals surface area contributed by atoms with Crippen molar-refractivity contribution < 1.29 is 23.9 Å². The van der Waals surface area contributed by atoms with Crippen LogP contribution in [0.2, 0.25) is 0 Å². The van der Waals surface area contributed by atoms with Gasteiger partial charge in [-0.05, 0) is 65.3 Å². The normalized spacial score (nSPS) is 16.2. The van der Waals surface area contributed by atoms with Crippen molar-refractivity contribution in [2.45, 2.75) is 20.0 Å². The van der Waals surface area contributed by atoms with Crippen molar-refractivity contribution in [2.24, 2.45) is 0 Å². The van der Waals surface area contributed by atoms with Gasteiger partial charge in [0.25, 0.3) is 11.1 Å². The van der Waals surface area contributed by atoms with E-state index in [1.54, 1.807) is 24.3 Å². The van der Waals surface area contributed by atoms with Gasteiger partial charge in [-0.1, -0.05) is 6.07 Å². The highest BCUT2D eigenvalue weighted by molar-refractivity contribution is 9.10. The highest BCUT2D eigenvalue weighted by Gasteiger charge is 2.36. The van der Waals surface area contributed by atoms with E-state index >= 15 is 0 Å². The lowest BCUT2D eigenvalue weighted by molar-refractivity contribution is -0.143. The molecule has 0 atom stereocenters. The van der Waals surface area contributed by atoms with Gasteiger partial charge in [0.2, 0.25) is 0 Å². The summed E-state index contributed by atoms with van der Waals surface area (Å²) in [6.07, 6.45) is 1.65. The average molecular weight is 414 g/mol. The van der Waals surface area contributed by atoms with Gasteiger partial charge < -0.3 is 9.47 Å². The maximum absolute atomic E-state index is 12.2. The van der Waals surface area contributed by atoms with Gasteiger partial charge in [0, 0.05) is 0 Å². The lowest BCUT2D eigenvalue weighted by Crippen LogP contribution is -2.34. The van der Waals surface area contributed by atoms with E-state index in [9.17, 15) is 14.4 Å². The molecule has 1 saturated heterocycles. The molecule has 0 radical (unpaired) electrons. The van der Waals surface area contributed by atoms with Crippen LogP contribution in [-0.4, -0.2) is 41.8 Å². The summed E-state index contributed by atoms with van der Waals surface area (Å²) >= 11 is 4.22. The zero-order chi connectivity index (χ0) is 17.9. The molecule has 1 aliphatic rings. The van der Waals surface area contributed by atoms with Gasteiger partial charge in [-0.3, -0.25) is 19.3 Å². The molecule has 1 aromatic rings. The van der Waals surface area contributed by atoms with Crippen LogP contribution in [-0.2, 0) is 14.3 Å². The van der Waals surface area contributed by atoms with Crippen molar-refractivity contribution in [3.8, 4) is 5.75 Å². The first-order valence-electron chi connectivity index (χ1n) is 7.10. The van der Waals surface area contributed by atoms with Crippen LogP contribution in [0.25, 0.3) is 6.08 Å². The first-order chi connectivity index (χ1) is 11.3. The summed E-state index contributed by atoms with van der Waals surface area (Å²) in [5, 5.41) is -0.490.